The van der Waals surface area contributed by atoms with Gasteiger partial charge in [0.2, 0.25) is 0 Å². The molecule has 1 aliphatic rings. The molecule has 0 spiro atoms. The lowest BCUT2D eigenvalue weighted by Gasteiger charge is -2.21. The summed E-state index contributed by atoms with van der Waals surface area (Å²) in [6, 6.07) is 10.3. The number of fused-ring (bicyclic) bond motifs is 1. The fraction of sp³-hybridized carbons (Fsp3) is 0.176. The van der Waals surface area contributed by atoms with Gasteiger partial charge < -0.3 is 0 Å². The number of hydrogen-bond donors (Lipinski definition) is 0. The molecule has 0 N–H and O–H groups in total. The van der Waals surface area contributed by atoms with E-state index in [0.29, 0.717) is 12.0 Å². The van der Waals surface area contributed by atoms with E-state index in [4.69, 9.17) is 0 Å². The Bertz CT molecular complexity index is 821. The molecular weight excluding hydrogens is 299 g/mol. The molecular formula is C17H13FN2OS. The summed E-state index contributed by atoms with van der Waals surface area (Å²) >= 11 is 1.68. The van der Waals surface area contributed by atoms with Crippen molar-refractivity contribution in [1.29, 1.82) is 0 Å². The lowest BCUT2D eigenvalue weighted by atomic mass is 9.86. The lowest BCUT2D eigenvalue weighted by Crippen LogP contribution is -2.19. The second kappa shape index (κ2) is 5.18. The first kappa shape index (κ1) is 13.4. The summed E-state index contributed by atoms with van der Waals surface area (Å²) in [5.74, 6) is 0.0567. The Morgan fingerprint density at radius 3 is 2.73 bits per heavy atom. The Kier molecular flexibility index (Phi) is 3.15. The van der Waals surface area contributed by atoms with Gasteiger partial charge in [-0.2, -0.15) is 5.10 Å². The Hall–Kier alpha value is -2.27. The van der Waals surface area contributed by atoms with Crippen molar-refractivity contribution in [2.24, 2.45) is 0 Å². The van der Waals surface area contributed by atoms with Crippen LogP contribution in [0, 0.1) is 5.82 Å². The minimum atomic E-state index is -0.280. The number of rotatable bonds is 2. The molecule has 3 nitrogen and oxygen atoms in total. The van der Waals surface area contributed by atoms with Crippen LogP contribution >= 0.6 is 11.3 Å². The van der Waals surface area contributed by atoms with Crippen molar-refractivity contribution in [2.45, 2.75) is 18.8 Å². The Balaban J connectivity index is 1.76. The highest BCUT2D eigenvalue weighted by Crippen LogP contribution is 2.35. The smallest absolute Gasteiger partial charge is 0.166 e. The van der Waals surface area contributed by atoms with E-state index in [1.807, 2.05) is 11.4 Å². The number of hydrogen-bond acceptors (Lipinski definition) is 3. The van der Waals surface area contributed by atoms with Crippen LogP contribution < -0.4 is 0 Å². The van der Waals surface area contributed by atoms with Crippen LogP contribution in [0.15, 0.2) is 48.0 Å². The quantitative estimate of drug-likeness (QED) is 0.717. The van der Waals surface area contributed by atoms with Crippen LogP contribution in [-0.4, -0.2) is 15.6 Å². The fourth-order valence-electron chi connectivity index (χ4n) is 2.97. The molecule has 0 bridgehead atoms. The minimum Gasteiger partial charge on any atom is -0.294 e. The molecule has 0 saturated carbocycles. The maximum Gasteiger partial charge on any atom is 0.166 e. The van der Waals surface area contributed by atoms with E-state index in [0.717, 1.165) is 17.8 Å². The number of benzene rings is 1. The van der Waals surface area contributed by atoms with Crippen LogP contribution in [0.1, 0.15) is 33.3 Å². The van der Waals surface area contributed by atoms with Crippen LogP contribution in [0.4, 0.5) is 4.39 Å². The summed E-state index contributed by atoms with van der Waals surface area (Å²) in [5, 5.41) is 6.38. The van der Waals surface area contributed by atoms with Crippen molar-refractivity contribution >= 4 is 17.1 Å². The SMILES string of the molecule is O=C1C[C@H](c2cccs2)Cc2c1cnn2-c1ccc(F)cc1. The molecule has 1 aromatic carbocycles. The molecule has 22 heavy (non-hydrogen) atoms. The van der Waals surface area contributed by atoms with Crippen LogP contribution in [0.2, 0.25) is 0 Å². The van der Waals surface area contributed by atoms with Gasteiger partial charge in [-0.1, -0.05) is 6.07 Å². The molecule has 5 heteroatoms. The van der Waals surface area contributed by atoms with Crippen LogP contribution in [-0.2, 0) is 6.42 Å². The average Bonchev–Trinajstić information content (AvgIpc) is 3.17. The largest absolute Gasteiger partial charge is 0.294 e. The van der Waals surface area contributed by atoms with Crippen molar-refractivity contribution < 1.29 is 9.18 Å². The zero-order chi connectivity index (χ0) is 15.1. The number of carbonyl (C=O) groups is 1. The van der Waals surface area contributed by atoms with E-state index >= 15 is 0 Å². The number of halogens is 1. The number of thiophene rings is 1. The van der Waals surface area contributed by atoms with Gasteiger partial charge in [-0.25, -0.2) is 9.07 Å². The van der Waals surface area contributed by atoms with Gasteiger partial charge in [-0.05, 0) is 42.1 Å². The summed E-state index contributed by atoms with van der Waals surface area (Å²) in [6.07, 6.45) is 2.94. The van der Waals surface area contributed by atoms with Crippen molar-refractivity contribution in [3.05, 3.63) is 69.9 Å². The van der Waals surface area contributed by atoms with E-state index in [1.54, 1.807) is 34.3 Å². The Morgan fingerprint density at radius 2 is 2.00 bits per heavy atom. The second-order valence-electron chi connectivity index (χ2n) is 5.44. The normalized spacial score (nSPS) is 17.5. The Morgan fingerprint density at radius 1 is 1.18 bits per heavy atom. The molecule has 0 unspecified atom stereocenters. The first-order valence-corrected chi connectivity index (χ1v) is 8.00. The first-order chi connectivity index (χ1) is 10.7. The first-order valence-electron chi connectivity index (χ1n) is 7.12. The van der Waals surface area contributed by atoms with Gasteiger partial charge in [-0.3, -0.25) is 4.79 Å². The molecule has 0 radical (unpaired) electrons. The summed E-state index contributed by atoms with van der Waals surface area (Å²) in [5.41, 5.74) is 2.39. The Labute approximate surface area is 131 Å². The molecule has 110 valence electrons. The zero-order valence-electron chi connectivity index (χ0n) is 11.7. The summed E-state index contributed by atoms with van der Waals surface area (Å²) in [6.45, 7) is 0. The van der Waals surface area contributed by atoms with Crippen molar-refractivity contribution in [1.82, 2.24) is 9.78 Å². The monoisotopic (exact) mass is 312 g/mol. The summed E-state index contributed by atoms with van der Waals surface area (Å²) in [4.78, 5) is 13.6. The second-order valence-corrected chi connectivity index (χ2v) is 6.42. The maximum absolute atomic E-state index is 13.1. The highest BCUT2D eigenvalue weighted by Gasteiger charge is 2.30. The highest BCUT2D eigenvalue weighted by molar-refractivity contribution is 7.10. The number of Topliss-reactive ketones (excluding diaryl/α,β-unsaturated/α-hetero) is 1. The molecule has 2 heterocycles. The molecule has 0 aliphatic heterocycles. The summed E-state index contributed by atoms with van der Waals surface area (Å²) < 4.78 is 14.9. The third-order valence-corrected chi connectivity index (χ3v) is 5.09. The molecule has 2 aromatic heterocycles. The van der Waals surface area contributed by atoms with E-state index in [-0.39, 0.29) is 17.5 Å². The number of aromatic nitrogens is 2. The van der Waals surface area contributed by atoms with Gasteiger partial charge in [0.15, 0.2) is 5.78 Å². The van der Waals surface area contributed by atoms with E-state index in [9.17, 15) is 9.18 Å². The van der Waals surface area contributed by atoms with Crippen molar-refractivity contribution in [3.8, 4) is 5.69 Å². The van der Waals surface area contributed by atoms with Crippen LogP contribution in [0.5, 0.6) is 0 Å². The molecule has 0 amide bonds. The van der Waals surface area contributed by atoms with Crippen LogP contribution in [0.3, 0.4) is 0 Å². The predicted molar refractivity (Wildman–Crippen MR) is 83.2 cm³/mol. The minimum absolute atomic E-state index is 0.132. The standard InChI is InChI=1S/C17H13FN2OS/c18-12-3-5-13(6-4-12)20-15-8-11(17-2-1-7-22-17)9-16(21)14(15)10-19-20/h1-7,10-11H,8-9H2/t11-/m1/s1. The average molecular weight is 312 g/mol. The summed E-state index contributed by atoms with van der Waals surface area (Å²) in [7, 11) is 0. The molecule has 1 atom stereocenters. The van der Waals surface area contributed by atoms with Gasteiger partial charge in [0.05, 0.1) is 23.1 Å². The highest BCUT2D eigenvalue weighted by atomic mass is 32.1. The van der Waals surface area contributed by atoms with Crippen LogP contribution in [0.25, 0.3) is 5.69 Å². The van der Waals surface area contributed by atoms with Crippen molar-refractivity contribution in [3.63, 3.8) is 0 Å². The van der Waals surface area contributed by atoms with Gasteiger partial charge in [0, 0.05) is 17.2 Å². The molecule has 1 aliphatic carbocycles. The van der Waals surface area contributed by atoms with E-state index < -0.39 is 0 Å². The molecule has 4 rings (SSSR count). The van der Waals surface area contributed by atoms with Gasteiger partial charge >= 0.3 is 0 Å². The molecule has 0 saturated heterocycles. The predicted octanol–water partition coefficient (Wildman–Crippen LogP) is 3.99. The van der Waals surface area contributed by atoms with Gasteiger partial charge in [-0.15, -0.1) is 11.3 Å². The van der Waals surface area contributed by atoms with Crippen molar-refractivity contribution in [2.75, 3.05) is 0 Å². The fourth-order valence-corrected chi connectivity index (χ4v) is 3.80. The lowest BCUT2D eigenvalue weighted by molar-refractivity contribution is 0.0964. The topological polar surface area (TPSA) is 34.9 Å². The molecule has 3 aromatic rings. The zero-order valence-corrected chi connectivity index (χ0v) is 12.5. The number of carbonyl (C=O) groups excluding carboxylic acids is 1. The number of ketones is 1. The number of nitrogens with zero attached hydrogens (tertiary/aromatic N) is 2. The van der Waals surface area contributed by atoms with Gasteiger partial charge in [0.1, 0.15) is 5.82 Å². The van der Waals surface area contributed by atoms with E-state index in [2.05, 4.69) is 11.2 Å². The third kappa shape index (κ3) is 2.18. The molecule has 0 fully saturated rings. The third-order valence-electron chi connectivity index (χ3n) is 4.06. The van der Waals surface area contributed by atoms with E-state index in [1.165, 1.54) is 17.0 Å². The maximum atomic E-state index is 13.1. The van der Waals surface area contributed by atoms with Gasteiger partial charge in [0.25, 0.3) is 0 Å².